The van der Waals surface area contributed by atoms with Gasteiger partial charge in [0.1, 0.15) is 0 Å². The van der Waals surface area contributed by atoms with Crippen molar-refractivity contribution in [3.63, 3.8) is 0 Å². The molecule has 0 saturated carbocycles. The molecular formula is C17H13ClN4O3. The average Bonchev–Trinajstić information content (AvgIpc) is 2.63. The highest BCUT2D eigenvalue weighted by molar-refractivity contribution is 6.30. The summed E-state index contributed by atoms with van der Waals surface area (Å²) in [5.41, 5.74) is 2.82. The minimum Gasteiger partial charge on any atom is -0.466 e. The van der Waals surface area contributed by atoms with Gasteiger partial charge in [-0.3, -0.25) is 9.59 Å². The predicted octanol–water partition coefficient (Wildman–Crippen LogP) is 2.11. The van der Waals surface area contributed by atoms with Gasteiger partial charge in [0.05, 0.1) is 17.0 Å². The number of ether oxygens (including phenoxy) is 1. The van der Waals surface area contributed by atoms with Gasteiger partial charge in [-0.15, -0.1) is 5.10 Å². The number of carbonyl (C=O) groups excluding carboxylic acids is 1. The van der Waals surface area contributed by atoms with E-state index < -0.39 is 5.91 Å². The first-order valence-corrected chi connectivity index (χ1v) is 7.69. The monoisotopic (exact) mass is 356 g/mol. The summed E-state index contributed by atoms with van der Waals surface area (Å²) < 4.78 is 5.37. The van der Waals surface area contributed by atoms with Crippen LogP contribution in [-0.2, 0) is 4.79 Å². The number of aromatic amines is 1. The van der Waals surface area contributed by atoms with Crippen molar-refractivity contribution in [2.45, 2.75) is 0 Å². The molecule has 0 saturated heterocycles. The van der Waals surface area contributed by atoms with Gasteiger partial charge in [-0.2, -0.15) is 5.10 Å². The maximum atomic E-state index is 11.8. The number of benzene rings is 2. The van der Waals surface area contributed by atoms with Crippen LogP contribution in [0.1, 0.15) is 5.56 Å². The van der Waals surface area contributed by atoms with Crippen LogP contribution in [0.15, 0.2) is 58.4 Å². The highest BCUT2D eigenvalue weighted by atomic mass is 35.5. The second-order valence-corrected chi connectivity index (χ2v) is 5.47. The number of rotatable bonds is 5. The first kappa shape index (κ1) is 16.7. The van der Waals surface area contributed by atoms with E-state index in [0.29, 0.717) is 15.8 Å². The molecule has 8 heteroatoms. The Morgan fingerprint density at radius 1 is 1.20 bits per heavy atom. The van der Waals surface area contributed by atoms with Crippen LogP contribution >= 0.6 is 11.6 Å². The third kappa shape index (κ3) is 4.21. The lowest BCUT2D eigenvalue weighted by atomic mass is 10.2. The van der Waals surface area contributed by atoms with Crippen LogP contribution in [0.5, 0.6) is 5.88 Å². The molecule has 0 fully saturated rings. The molecular weight excluding hydrogens is 344 g/mol. The van der Waals surface area contributed by atoms with E-state index in [-0.39, 0.29) is 18.0 Å². The first-order chi connectivity index (χ1) is 12.1. The van der Waals surface area contributed by atoms with Crippen molar-refractivity contribution in [1.82, 2.24) is 15.6 Å². The molecule has 0 aliphatic carbocycles. The third-order valence-electron chi connectivity index (χ3n) is 3.27. The van der Waals surface area contributed by atoms with Crippen molar-refractivity contribution in [3.05, 3.63) is 69.5 Å². The lowest BCUT2D eigenvalue weighted by molar-refractivity contribution is -0.123. The molecule has 25 heavy (non-hydrogen) atoms. The summed E-state index contributed by atoms with van der Waals surface area (Å²) in [4.78, 5) is 23.5. The number of amides is 1. The number of halogens is 1. The molecule has 1 aromatic heterocycles. The molecule has 0 bridgehead atoms. The summed E-state index contributed by atoms with van der Waals surface area (Å²) in [5, 5.41) is 11.6. The summed E-state index contributed by atoms with van der Waals surface area (Å²) in [6, 6.07) is 13.8. The minimum absolute atomic E-state index is 0.173. The van der Waals surface area contributed by atoms with Crippen LogP contribution in [0.3, 0.4) is 0 Å². The van der Waals surface area contributed by atoms with E-state index in [2.05, 4.69) is 20.7 Å². The molecule has 0 spiro atoms. The van der Waals surface area contributed by atoms with Crippen LogP contribution < -0.4 is 15.7 Å². The van der Waals surface area contributed by atoms with Gasteiger partial charge in [0.2, 0.25) is 5.88 Å². The van der Waals surface area contributed by atoms with Crippen molar-refractivity contribution in [2.24, 2.45) is 5.10 Å². The second-order valence-electron chi connectivity index (χ2n) is 5.04. The van der Waals surface area contributed by atoms with E-state index >= 15 is 0 Å². The largest absolute Gasteiger partial charge is 0.466 e. The number of aromatic nitrogens is 2. The van der Waals surface area contributed by atoms with Crippen molar-refractivity contribution in [2.75, 3.05) is 6.61 Å². The molecule has 126 valence electrons. The highest BCUT2D eigenvalue weighted by Gasteiger charge is 2.08. The van der Waals surface area contributed by atoms with Crippen LogP contribution in [0.25, 0.3) is 10.8 Å². The number of carbonyl (C=O) groups is 1. The molecule has 2 aromatic carbocycles. The third-order valence-corrected chi connectivity index (χ3v) is 3.53. The second kappa shape index (κ2) is 7.59. The van der Waals surface area contributed by atoms with E-state index in [9.17, 15) is 9.59 Å². The molecule has 1 heterocycles. The summed E-state index contributed by atoms with van der Waals surface area (Å²) in [7, 11) is 0. The Balaban J connectivity index is 1.60. The van der Waals surface area contributed by atoms with Crippen molar-refractivity contribution < 1.29 is 9.53 Å². The number of H-pyrrole nitrogens is 1. The summed E-state index contributed by atoms with van der Waals surface area (Å²) in [6.07, 6.45) is 1.49. The smallest absolute Gasteiger partial charge is 0.278 e. The fraction of sp³-hybridized carbons (Fsp3) is 0.0588. The predicted molar refractivity (Wildman–Crippen MR) is 95.0 cm³/mol. The Morgan fingerprint density at radius 3 is 2.68 bits per heavy atom. The fourth-order valence-electron chi connectivity index (χ4n) is 2.09. The SMILES string of the molecule is O=C(COc1n[nH]c(=O)c2ccccc12)N/N=C/c1ccc(Cl)cc1. The molecule has 0 aliphatic heterocycles. The van der Waals surface area contributed by atoms with Crippen LogP contribution in [0.4, 0.5) is 0 Å². The number of fused-ring (bicyclic) bond motifs is 1. The summed E-state index contributed by atoms with van der Waals surface area (Å²) in [5.74, 6) is -0.283. The van der Waals surface area contributed by atoms with Gasteiger partial charge in [0.15, 0.2) is 6.61 Å². The molecule has 0 aliphatic rings. The van der Waals surface area contributed by atoms with E-state index in [0.717, 1.165) is 5.56 Å². The van der Waals surface area contributed by atoms with Gasteiger partial charge in [-0.25, -0.2) is 10.5 Å². The minimum atomic E-state index is -0.456. The number of nitrogens with one attached hydrogen (secondary N) is 2. The Kier molecular flexibility index (Phi) is 5.06. The highest BCUT2D eigenvalue weighted by Crippen LogP contribution is 2.18. The average molecular weight is 357 g/mol. The topological polar surface area (TPSA) is 96.4 Å². The molecule has 0 atom stereocenters. The van der Waals surface area contributed by atoms with Crippen LogP contribution in [-0.4, -0.2) is 28.9 Å². The Hall–Kier alpha value is -3.19. The number of hydrogen-bond donors (Lipinski definition) is 2. The van der Waals surface area contributed by atoms with E-state index in [1.54, 1.807) is 48.5 Å². The zero-order valence-electron chi connectivity index (χ0n) is 12.9. The molecule has 7 nitrogen and oxygen atoms in total. The first-order valence-electron chi connectivity index (χ1n) is 7.31. The van der Waals surface area contributed by atoms with Gasteiger partial charge < -0.3 is 4.74 Å². The molecule has 3 aromatic rings. The summed E-state index contributed by atoms with van der Waals surface area (Å²) >= 11 is 5.79. The Bertz CT molecular complexity index is 983. The van der Waals surface area contributed by atoms with E-state index in [1.165, 1.54) is 6.21 Å². The van der Waals surface area contributed by atoms with Crippen molar-refractivity contribution in [1.29, 1.82) is 0 Å². The van der Waals surface area contributed by atoms with Gasteiger partial charge in [-0.1, -0.05) is 35.9 Å². The van der Waals surface area contributed by atoms with Gasteiger partial charge in [0, 0.05) is 5.02 Å². The normalized spacial score (nSPS) is 10.9. The maximum Gasteiger partial charge on any atom is 0.278 e. The van der Waals surface area contributed by atoms with Gasteiger partial charge >= 0.3 is 0 Å². The number of hydrazone groups is 1. The van der Waals surface area contributed by atoms with Gasteiger partial charge in [0.25, 0.3) is 11.5 Å². The van der Waals surface area contributed by atoms with E-state index in [4.69, 9.17) is 16.3 Å². The van der Waals surface area contributed by atoms with Gasteiger partial charge in [-0.05, 0) is 29.8 Å². The number of nitrogens with zero attached hydrogens (tertiary/aromatic N) is 2. The summed E-state index contributed by atoms with van der Waals surface area (Å²) in [6.45, 7) is -0.291. The van der Waals surface area contributed by atoms with Crippen molar-refractivity contribution in [3.8, 4) is 5.88 Å². The molecule has 0 radical (unpaired) electrons. The maximum absolute atomic E-state index is 11.8. The van der Waals surface area contributed by atoms with Crippen LogP contribution in [0.2, 0.25) is 5.02 Å². The standard InChI is InChI=1S/C17H13ClN4O3/c18-12-7-5-11(6-8-12)9-19-20-15(23)10-25-17-14-4-2-1-3-13(14)16(24)21-22-17/h1-9H,10H2,(H,20,23)(H,21,24)/b19-9+. The fourth-order valence-corrected chi connectivity index (χ4v) is 2.22. The quantitative estimate of drug-likeness (QED) is 0.540. The van der Waals surface area contributed by atoms with Crippen LogP contribution in [0, 0.1) is 0 Å². The zero-order valence-corrected chi connectivity index (χ0v) is 13.7. The van der Waals surface area contributed by atoms with E-state index in [1.807, 2.05) is 0 Å². The lowest BCUT2D eigenvalue weighted by Crippen LogP contribution is -2.25. The van der Waals surface area contributed by atoms with Crippen molar-refractivity contribution >= 4 is 34.5 Å². The zero-order chi connectivity index (χ0) is 17.6. The molecule has 3 rings (SSSR count). The number of hydrogen-bond acceptors (Lipinski definition) is 5. The molecule has 2 N–H and O–H groups in total. The Morgan fingerprint density at radius 2 is 1.92 bits per heavy atom. The molecule has 1 amide bonds. The molecule has 0 unspecified atom stereocenters. The lowest BCUT2D eigenvalue weighted by Gasteiger charge is -2.06. The Labute approximate surface area is 147 Å².